The van der Waals surface area contributed by atoms with Crippen LogP contribution in [0.25, 0.3) is 10.1 Å². The first kappa shape index (κ1) is 24.3. The van der Waals surface area contributed by atoms with Crippen molar-refractivity contribution in [3.8, 4) is 17.2 Å². The molecule has 1 aromatic heterocycles. The molecule has 0 fully saturated rings. The van der Waals surface area contributed by atoms with Crippen molar-refractivity contribution < 1.29 is 23.8 Å². The topological polar surface area (TPSA) is 86.2 Å². The van der Waals surface area contributed by atoms with Crippen LogP contribution in [0.1, 0.15) is 20.8 Å². The number of hydrazone groups is 1. The van der Waals surface area contributed by atoms with Crippen LogP contribution in [0.5, 0.6) is 17.2 Å². The summed E-state index contributed by atoms with van der Waals surface area (Å²) >= 11 is 7.64. The maximum Gasteiger partial charge on any atom is 0.355 e. The van der Waals surface area contributed by atoms with Gasteiger partial charge in [0.2, 0.25) is 0 Å². The summed E-state index contributed by atoms with van der Waals surface area (Å²) < 4.78 is 17.0. The van der Waals surface area contributed by atoms with Gasteiger partial charge in [-0.05, 0) is 72.6 Å². The molecule has 178 valence electrons. The molecule has 1 amide bonds. The fourth-order valence-corrected chi connectivity index (χ4v) is 4.56. The van der Waals surface area contributed by atoms with Crippen molar-refractivity contribution in [2.45, 2.75) is 6.92 Å². The number of nitrogens with one attached hydrogen (secondary N) is 1. The Morgan fingerprint density at radius 2 is 1.80 bits per heavy atom. The highest BCUT2D eigenvalue weighted by molar-refractivity contribution is 7.21. The third-order valence-electron chi connectivity index (χ3n) is 4.88. The number of benzene rings is 3. The molecule has 3 aromatic carbocycles. The first-order valence-electron chi connectivity index (χ1n) is 10.5. The average molecular weight is 509 g/mol. The van der Waals surface area contributed by atoms with Crippen molar-refractivity contribution in [3.05, 3.63) is 87.8 Å². The number of aryl methyl sites for hydroxylation is 1. The maximum absolute atomic E-state index is 12.7. The van der Waals surface area contributed by atoms with Gasteiger partial charge in [0, 0.05) is 10.1 Å². The van der Waals surface area contributed by atoms with Crippen molar-refractivity contribution in [3.63, 3.8) is 0 Å². The molecular weight excluding hydrogens is 488 g/mol. The molecule has 0 aliphatic carbocycles. The van der Waals surface area contributed by atoms with Gasteiger partial charge in [0.1, 0.15) is 22.1 Å². The van der Waals surface area contributed by atoms with E-state index in [0.29, 0.717) is 32.7 Å². The number of hydrogen-bond donors (Lipinski definition) is 1. The minimum absolute atomic E-state index is 0.150. The molecule has 9 heteroatoms. The number of halogens is 1. The fourth-order valence-electron chi connectivity index (χ4n) is 3.14. The molecule has 0 aliphatic heterocycles. The van der Waals surface area contributed by atoms with E-state index >= 15 is 0 Å². The molecule has 0 aliphatic rings. The smallest absolute Gasteiger partial charge is 0.355 e. The lowest BCUT2D eigenvalue weighted by Crippen LogP contribution is -2.24. The number of nitrogens with zero attached hydrogens (tertiary/aromatic N) is 1. The second-order valence-corrected chi connectivity index (χ2v) is 8.89. The van der Waals surface area contributed by atoms with Crippen LogP contribution in [0, 0.1) is 6.92 Å². The Balaban J connectivity index is 1.31. The van der Waals surface area contributed by atoms with Gasteiger partial charge in [-0.25, -0.2) is 10.2 Å². The normalized spacial score (nSPS) is 10.9. The third-order valence-corrected chi connectivity index (χ3v) is 6.51. The summed E-state index contributed by atoms with van der Waals surface area (Å²) in [6, 6.07) is 19.5. The van der Waals surface area contributed by atoms with Gasteiger partial charge < -0.3 is 14.2 Å². The lowest BCUT2D eigenvalue weighted by atomic mass is 10.2. The van der Waals surface area contributed by atoms with E-state index < -0.39 is 5.97 Å². The van der Waals surface area contributed by atoms with Crippen molar-refractivity contribution >= 4 is 51.1 Å². The van der Waals surface area contributed by atoms with E-state index in [9.17, 15) is 9.59 Å². The number of amides is 1. The quantitative estimate of drug-likeness (QED) is 0.144. The van der Waals surface area contributed by atoms with Gasteiger partial charge in [-0.1, -0.05) is 23.7 Å². The van der Waals surface area contributed by atoms with Gasteiger partial charge in [-0.2, -0.15) is 5.10 Å². The van der Waals surface area contributed by atoms with Gasteiger partial charge in [-0.15, -0.1) is 11.3 Å². The molecular formula is C26H21ClN2O5S. The first-order chi connectivity index (χ1) is 16.9. The Morgan fingerprint density at radius 1 is 1.03 bits per heavy atom. The number of hydrogen-bond acceptors (Lipinski definition) is 7. The van der Waals surface area contributed by atoms with E-state index in [4.69, 9.17) is 25.8 Å². The highest BCUT2D eigenvalue weighted by Crippen LogP contribution is 2.37. The zero-order valence-electron chi connectivity index (χ0n) is 18.9. The SMILES string of the molecule is COc1ccc2c(Cl)c(C(=O)Oc3ccc(/C=N\NC(=O)COc4cccc(C)c4)cc3)sc2c1. The number of carbonyl (C=O) groups excluding carboxylic acids is 2. The number of methoxy groups -OCH3 is 1. The Hall–Kier alpha value is -3.88. The summed E-state index contributed by atoms with van der Waals surface area (Å²) in [5, 5.41) is 5.04. The van der Waals surface area contributed by atoms with E-state index in [1.165, 1.54) is 17.6 Å². The van der Waals surface area contributed by atoms with Crippen LogP contribution in [0.4, 0.5) is 0 Å². The average Bonchev–Trinajstić information content (AvgIpc) is 3.19. The summed E-state index contributed by atoms with van der Waals surface area (Å²) in [6.07, 6.45) is 1.48. The Bertz CT molecular complexity index is 1400. The van der Waals surface area contributed by atoms with Crippen LogP contribution >= 0.6 is 22.9 Å². The third kappa shape index (κ3) is 6.17. The molecule has 1 heterocycles. The molecule has 0 atom stereocenters. The van der Waals surface area contributed by atoms with E-state index in [1.807, 2.05) is 37.3 Å². The van der Waals surface area contributed by atoms with Crippen molar-refractivity contribution in [2.75, 3.05) is 13.7 Å². The largest absolute Gasteiger partial charge is 0.497 e. The van der Waals surface area contributed by atoms with Crippen LogP contribution in [-0.4, -0.2) is 31.8 Å². The highest BCUT2D eigenvalue weighted by Gasteiger charge is 2.19. The number of fused-ring (bicyclic) bond motifs is 1. The lowest BCUT2D eigenvalue weighted by molar-refractivity contribution is -0.123. The van der Waals surface area contributed by atoms with E-state index in [-0.39, 0.29) is 12.5 Å². The molecule has 0 spiro atoms. The van der Waals surface area contributed by atoms with Gasteiger partial charge in [0.15, 0.2) is 6.61 Å². The van der Waals surface area contributed by atoms with Crippen LogP contribution in [0.2, 0.25) is 5.02 Å². The molecule has 1 N–H and O–H groups in total. The van der Waals surface area contributed by atoms with E-state index in [0.717, 1.165) is 15.6 Å². The van der Waals surface area contributed by atoms with Crippen molar-refractivity contribution in [1.82, 2.24) is 5.43 Å². The number of thiophene rings is 1. The molecule has 7 nitrogen and oxygen atoms in total. The number of ether oxygens (including phenoxy) is 3. The molecule has 0 unspecified atom stereocenters. The summed E-state index contributed by atoms with van der Waals surface area (Å²) in [5.41, 5.74) is 4.16. The van der Waals surface area contributed by atoms with Crippen LogP contribution < -0.4 is 19.6 Å². The Kier molecular flexibility index (Phi) is 7.64. The molecule has 0 saturated carbocycles. The number of esters is 1. The summed E-state index contributed by atoms with van der Waals surface area (Å²) in [6.45, 7) is 1.79. The van der Waals surface area contributed by atoms with Crippen molar-refractivity contribution in [2.24, 2.45) is 5.10 Å². The fraction of sp³-hybridized carbons (Fsp3) is 0.115. The van der Waals surface area contributed by atoms with Gasteiger partial charge in [-0.3, -0.25) is 4.79 Å². The molecule has 0 saturated heterocycles. The molecule has 0 radical (unpaired) electrons. The number of rotatable bonds is 8. The van der Waals surface area contributed by atoms with Crippen LogP contribution in [0.15, 0.2) is 71.8 Å². The predicted molar refractivity (Wildman–Crippen MR) is 137 cm³/mol. The monoisotopic (exact) mass is 508 g/mol. The first-order valence-corrected chi connectivity index (χ1v) is 11.7. The second kappa shape index (κ2) is 11.0. The van der Waals surface area contributed by atoms with Crippen molar-refractivity contribution in [1.29, 1.82) is 0 Å². The summed E-state index contributed by atoms with van der Waals surface area (Å²) in [4.78, 5) is 24.9. The van der Waals surface area contributed by atoms with E-state index in [2.05, 4.69) is 10.5 Å². The number of carbonyl (C=O) groups is 2. The lowest BCUT2D eigenvalue weighted by Gasteiger charge is -2.05. The zero-order valence-corrected chi connectivity index (χ0v) is 20.5. The van der Waals surface area contributed by atoms with Crippen LogP contribution in [-0.2, 0) is 4.79 Å². The van der Waals surface area contributed by atoms with E-state index in [1.54, 1.807) is 43.5 Å². The summed E-state index contributed by atoms with van der Waals surface area (Å²) in [7, 11) is 1.58. The minimum atomic E-state index is -0.544. The standard InChI is InChI=1S/C26H21ClN2O5S/c1-16-4-3-5-20(12-16)33-15-23(30)29-28-14-17-6-8-18(9-7-17)34-26(31)25-24(27)21-11-10-19(32-2)13-22(21)35-25/h3-14H,15H2,1-2H3,(H,29,30)/b28-14-. The highest BCUT2D eigenvalue weighted by atomic mass is 35.5. The predicted octanol–water partition coefficient (Wildman–Crippen LogP) is 5.62. The van der Waals surface area contributed by atoms with Gasteiger partial charge in [0.05, 0.1) is 18.3 Å². The zero-order chi connectivity index (χ0) is 24.8. The summed E-state index contributed by atoms with van der Waals surface area (Å²) in [5.74, 6) is 0.728. The van der Waals surface area contributed by atoms with Gasteiger partial charge in [0.25, 0.3) is 5.91 Å². The molecule has 35 heavy (non-hydrogen) atoms. The molecule has 0 bridgehead atoms. The second-order valence-electron chi connectivity index (χ2n) is 7.46. The minimum Gasteiger partial charge on any atom is -0.497 e. The Morgan fingerprint density at radius 3 is 2.54 bits per heavy atom. The molecule has 4 rings (SSSR count). The molecule has 4 aromatic rings. The van der Waals surface area contributed by atoms with Gasteiger partial charge >= 0.3 is 5.97 Å². The Labute approximate surface area is 210 Å². The van der Waals surface area contributed by atoms with Crippen LogP contribution in [0.3, 0.4) is 0 Å². The maximum atomic E-state index is 12.7.